The van der Waals surface area contributed by atoms with Crippen LogP contribution in [0.3, 0.4) is 0 Å². The molecule has 0 heterocycles. The first-order chi connectivity index (χ1) is 17.6. The van der Waals surface area contributed by atoms with Crippen LogP contribution in [0.25, 0.3) is 0 Å². The van der Waals surface area contributed by atoms with Gasteiger partial charge in [-0.1, -0.05) is 42.8 Å². The molecule has 0 aromatic heterocycles. The zero-order valence-electron chi connectivity index (χ0n) is 19.7. The lowest BCUT2D eigenvalue weighted by atomic mass is 9.94. The molecule has 0 aliphatic heterocycles. The van der Waals surface area contributed by atoms with E-state index in [-0.39, 0.29) is 15.8 Å². The van der Waals surface area contributed by atoms with Crippen molar-refractivity contribution in [3.05, 3.63) is 87.3 Å². The van der Waals surface area contributed by atoms with Crippen LogP contribution in [0.5, 0.6) is 0 Å². The zero-order chi connectivity index (χ0) is 27.1. The van der Waals surface area contributed by atoms with Crippen molar-refractivity contribution < 1.29 is 19.7 Å². The van der Waals surface area contributed by atoms with Gasteiger partial charge in [-0.05, 0) is 31.9 Å². The van der Waals surface area contributed by atoms with Gasteiger partial charge < -0.3 is 4.90 Å². The number of hydrogen-bond donors (Lipinski definition) is 0. The molecule has 0 spiro atoms. The van der Waals surface area contributed by atoms with Gasteiger partial charge in [-0.25, -0.2) is 0 Å². The topological polar surface area (TPSA) is 176 Å². The summed E-state index contributed by atoms with van der Waals surface area (Å²) in [6, 6.07) is 6.84. The van der Waals surface area contributed by atoms with Crippen LogP contribution < -0.4 is 0 Å². The van der Waals surface area contributed by atoms with Crippen molar-refractivity contribution in [2.75, 3.05) is 6.54 Å². The van der Waals surface area contributed by atoms with Crippen LogP contribution in [0.2, 0.25) is 0 Å². The predicted molar refractivity (Wildman–Crippen MR) is 139 cm³/mol. The van der Waals surface area contributed by atoms with E-state index in [0.29, 0.717) is 10.8 Å². The highest BCUT2D eigenvalue weighted by molar-refractivity contribution is 8.22. The van der Waals surface area contributed by atoms with Crippen molar-refractivity contribution in [1.82, 2.24) is 4.90 Å². The summed E-state index contributed by atoms with van der Waals surface area (Å²) < 4.78 is 0.446. The molecular formula is C22H23N5O8S2. The van der Waals surface area contributed by atoms with Gasteiger partial charge >= 0.3 is 0 Å². The van der Waals surface area contributed by atoms with E-state index in [4.69, 9.17) is 0 Å². The van der Waals surface area contributed by atoms with Gasteiger partial charge in [0.1, 0.15) is 0 Å². The molecule has 15 heteroatoms. The fourth-order valence-corrected chi connectivity index (χ4v) is 6.25. The number of rotatable bonds is 11. The maximum absolute atomic E-state index is 11.7. The van der Waals surface area contributed by atoms with Crippen molar-refractivity contribution in [1.29, 1.82) is 0 Å². The van der Waals surface area contributed by atoms with Crippen molar-refractivity contribution in [2.45, 2.75) is 54.9 Å². The quantitative estimate of drug-likeness (QED) is 0.166. The van der Waals surface area contributed by atoms with Gasteiger partial charge in [-0.2, -0.15) is 0 Å². The normalized spacial score (nSPS) is 13.5. The van der Waals surface area contributed by atoms with Crippen LogP contribution in [0.4, 0.5) is 22.7 Å². The molecule has 0 N–H and O–H groups in total. The summed E-state index contributed by atoms with van der Waals surface area (Å²) in [7, 11) is 0. The van der Waals surface area contributed by atoms with Gasteiger partial charge in [-0.3, -0.25) is 40.5 Å². The van der Waals surface area contributed by atoms with Gasteiger partial charge in [0, 0.05) is 30.9 Å². The molecule has 3 rings (SSSR count). The molecule has 0 saturated heterocycles. The lowest BCUT2D eigenvalue weighted by molar-refractivity contribution is -0.396. The van der Waals surface area contributed by atoms with Crippen molar-refractivity contribution in [2.24, 2.45) is 0 Å². The van der Waals surface area contributed by atoms with E-state index in [9.17, 15) is 40.5 Å². The molecule has 0 unspecified atom stereocenters. The SMILES string of the molecule is CCN(C=C(Sc1ccc([N+](=O)[O-])cc1[N+](=O)[O-])Sc1ccc([N+](=O)[O-])cc1[N+](=O)[O-])C1CCCCC1. The van der Waals surface area contributed by atoms with Crippen molar-refractivity contribution >= 4 is 46.3 Å². The van der Waals surface area contributed by atoms with Gasteiger partial charge in [0.05, 0.1) is 45.9 Å². The third kappa shape index (κ3) is 7.16. The number of thioether (sulfide) groups is 2. The Kier molecular flexibility index (Phi) is 9.41. The fraction of sp³-hybridized carbons (Fsp3) is 0.364. The molecule has 0 amide bonds. The second-order valence-electron chi connectivity index (χ2n) is 8.11. The van der Waals surface area contributed by atoms with Gasteiger partial charge in [0.2, 0.25) is 0 Å². The molecule has 1 aliphatic carbocycles. The molecule has 0 bridgehead atoms. The maximum atomic E-state index is 11.7. The molecule has 2 aromatic carbocycles. The summed E-state index contributed by atoms with van der Waals surface area (Å²) >= 11 is 1.92. The highest BCUT2D eigenvalue weighted by Gasteiger charge is 2.26. The Bertz CT molecular complexity index is 1170. The third-order valence-electron chi connectivity index (χ3n) is 5.80. The van der Waals surface area contributed by atoms with Crippen LogP contribution in [0.15, 0.2) is 56.6 Å². The molecular weight excluding hydrogens is 526 g/mol. The van der Waals surface area contributed by atoms with Gasteiger partial charge in [0.15, 0.2) is 0 Å². The molecule has 37 heavy (non-hydrogen) atoms. The molecule has 0 atom stereocenters. The molecule has 1 saturated carbocycles. The van der Waals surface area contributed by atoms with Crippen LogP contribution in [-0.4, -0.2) is 37.2 Å². The molecule has 196 valence electrons. The first-order valence-electron chi connectivity index (χ1n) is 11.3. The molecule has 13 nitrogen and oxygen atoms in total. The largest absolute Gasteiger partial charge is 0.373 e. The summed E-state index contributed by atoms with van der Waals surface area (Å²) in [5.74, 6) is 0. The van der Waals surface area contributed by atoms with E-state index in [1.807, 2.05) is 6.92 Å². The first-order valence-corrected chi connectivity index (χ1v) is 12.9. The van der Waals surface area contributed by atoms with Crippen LogP contribution >= 0.6 is 23.5 Å². The number of nitrogens with zero attached hydrogens (tertiary/aromatic N) is 5. The second-order valence-corrected chi connectivity index (χ2v) is 10.5. The summed E-state index contributed by atoms with van der Waals surface area (Å²) in [6.07, 6.45) is 6.98. The minimum absolute atomic E-state index is 0.124. The predicted octanol–water partition coefficient (Wildman–Crippen LogP) is 6.66. The molecule has 0 radical (unpaired) electrons. The lowest BCUT2D eigenvalue weighted by Gasteiger charge is -2.33. The third-order valence-corrected chi connectivity index (χ3v) is 8.04. The Morgan fingerprint density at radius 2 is 1.27 bits per heavy atom. The highest BCUT2D eigenvalue weighted by atomic mass is 32.2. The fourth-order valence-electron chi connectivity index (χ4n) is 3.99. The summed E-state index contributed by atoms with van der Waals surface area (Å²) in [4.78, 5) is 45.1. The van der Waals surface area contributed by atoms with E-state index in [2.05, 4.69) is 4.90 Å². The van der Waals surface area contributed by atoms with E-state index in [0.717, 1.165) is 79.9 Å². The summed E-state index contributed by atoms with van der Waals surface area (Å²) in [6.45, 7) is 2.58. The lowest BCUT2D eigenvalue weighted by Crippen LogP contribution is -2.32. The second kappa shape index (κ2) is 12.5. The summed E-state index contributed by atoms with van der Waals surface area (Å²) in [5, 5.41) is 45.6. The Hall–Kier alpha value is -3.72. The highest BCUT2D eigenvalue weighted by Crippen LogP contribution is 2.46. The number of benzene rings is 2. The average molecular weight is 550 g/mol. The minimum atomic E-state index is -0.727. The summed E-state index contributed by atoms with van der Waals surface area (Å²) in [5.41, 5.74) is -1.80. The van der Waals surface area contributed by atoms with Crippen molar-refractivity contribution in [3.63, 3.8) is 0 Å². The number of nitro benzene ring substituents is 4. The van der Waals surface area contributed by atoms with E-state index in [1.54, 1.807) is 6.20 Å². The maximum Gasteiger partial charge on any atom is 0.290 e. The van der Waals surface area contributed by atoms with Crippen molar-refractivity contribution in [3.8, 4) is 0 Å². The minimum Gasteiger partial charge on any atom is -0.373 e. The standard InChI is InChI=1S/C22H23N5O8S2/c1-2-23(15-6-4-3-5-7-15)14-22(36-20-10-8-16(24(28)29)12-18(20)26(32)33)37-21-11-9-17(25(30)31)13-19(21)27(34)35/h8-15H,2-7H2,1H3. The smallest absolute Gasteiger partial charge is 0.290 e. The zero-order valence-corrected chi connectivity index (χ0v) is 21.3. The van der Waals surface area contributed by atoms with Crippen LogP contribution in [0.1, 0.15) is 39.0 Å². The van der Waals surface area contributed by atoms with Crippen LogP contribution in [0, 0.1) is 40.5 Å². The number of hydrogen-bond acceptors (Lipinski definition) is 11. The van der Waals surface area contributed by atoms with E-state index in [1.165, 1.54) is 12.1 Å². The van der Waals surface area contributed by atoms with Crippen LogP contribution in [-0.2, 0) is 0 Å². The van der Waals surface area contributed by atoms with E-state index >= 15 is 0 Å². The Morgan fingerprint density at radius 3 is 1.65 bits per heavy atom. The average Bonchev–Trinajstić information content (AvgIpc) is 2.87. The van der Waals surface area contributed by atoms with Gasteiger partial charge in [-0.15, -0.1) is 0 Å². The van der Waals surface area contributed by atoms with E-state index < -0.39 is 42.4 Å². The Morgan fingerprint density at radius 1 is 0.811 bits per heavy atom. The molecule has 1 fully saturated rings. The first kappa shape index (κ1) is 27.9. The van der Waals surface area contributed by atoms with Gasteiger partial charge in [0.25, 0.3) is 22.7 Å². The molecule has 1 aliphatic rings. The molecule has 2 aromatic rings. The Balaban J connectivity index is 2.07. The Labute approximate surface area is 219 Å². The number of nitro groups is 4. The monoisotopic (exact) mass is 549 g/mol. The number of non-ortho nitro benzene ring substituents is 2.